The van der Waals surface area contributed by atoms with Crippen molar-refractivity contribution in [3.63, 3.8) is 0 Å². The molecule has 0 aliphatic rings. The number of hydrogen-bond donors (Lipinski definition) is 0. The van der Waals surface area contributed by atoms with Crippen LogP contribution in [0.2, 0.25) is 0 Å². The van der Waals surface area contributed by atoms with Gasteiger partial charge < -0.3 is 14.2 Å². The minimum Gasteiger partial charge on any atom is -0.458 e. The normalized spacial score (nSPS) is 12.9. The lowest BCUT2D eigenvalue weighted by Crippen LogP contribution is -2.29. The molecule has 63 heavy (non-hydrogen) atoms. The first-order valence-electron chi connectivity index (χ1n) is 25.9. The molecule has 0 aliphatic heterocycles. The summed E-state index contributed by atoms with van der Waals surface area (Å²) < 4.78 is 16.2. The average molecular weight is 875 g/mol. The van der Waals surface area contributed by atoms with Gasteiger partial charge in [-0.15, -0.1) is 0 Å². The predicted octanol–water partition coefficient (Wildman–Crippen LogP) is 17.0. The fraction of sp³-hybridized carbons (Fsp3) is 0.667. The van der Waals surface area contributed by atoms with Gasteiger partial charge >= 0.3 is 17.9 Å². The Morgan fingerprint density at radius 3 is 0.905 bits per heavy atom. The number of rotatable bonds is 45. The summed E-state index contributed by atoms with van der Waals surface area (Å²) >= 11 is 0. The molecular weight excluding hydrogens is 781 g/mol. The quantitative estimate of drug-likeness (QED) is 0.0199. The topological polar surface area (TPSA) is 78.9 Å². The molecule has 0 aliphatic carbocycles. The fourth-order valence-corrected chi connectivity index (χ4v) is 7.02. The maximum absolute atomic E-state index is 12.6. The number of unbranched alkanes of at least 4 members (excludes halogenated alkanes) is 29. The van der Waals surface area contributed by atoms with Crippen molar-refractivity contribution in [3.05, 3.63) is 97.2 Å². The predicted molar refractivity (Wildman–Crippen MR) is 270 cm³/mol. The summed E-state index contributed by atoms with van der Waals surface area (Å²) in [6.45, 7) is 6.27. The summed E-state index contributed by atoms with van der Waals surface area (Å²) in [7, 11) is 0. The third kappa shape index (κ3) is 49.2. The maximum atomic E-state index is 12.6. The molecule has 0 bridgehead atoms. The monoisotopic (exact) mass is 875 g/mol. The number of allylic oxidation sites excluding steroid dienone is 13. The van der Waals surface area contributed by atoms with Crippen LogP contribution in [-0.2, 0) is 28.6 Å². The second-order valence-electron chi connectivity index (χ2n) is 17.0. The molecule has 1 atom stereocenters. The van der Waals surface area contributed by atoms with E-state index in [0.717, 1.165) is 25.7 Å². The Morgan fingerprint density at radius 1 is 0.317 bits per heavy atom. The summed E-state index contributed by atoms with van der Waals surface area (Å²) in [4.78, 5) is 37.5. The molecule has 0 saturated heterocycles. The van der Waals surface area contributed by atoms with Gasteiger partial charge in [0.25, 0.3) is 0 Å². The first-order valence-corrected chi connectivity index (χ1v) is 25.9. The van der Waals surface area contributed by atoms with E-state index in [9.17, 15) is 14.4 Å². The highest BCUT2D eigenvalue weighted by molar-refractivity contribution is 5.83. The zero-order valence-electron chi connectivity index (χ0n) is 40.8. The standard InChI is InChI=1S/C57H94O6/c1-4-7-10-13-16-19-22-25-28-31-34-37-40-43-46-49-55(58)61-52-54(63-57(60)51-48-45-42-39-36-33-30-27-24-21-18-15-12-9-6-3)53-62-56(59)50-47-44-41-38-35-32-29-26-23-20-17-14-11-8-5-2/h34,36-37,39-51,54H,4-33,35,38,52-53H2,1-3H3/b37-34+,39-36+,43-40+,44-41+,45-42+,49-46+,50-47+,51-48+. The van der Waals surface area contributed by atoms with Gasteiger partial charge in [0.05, 0.1) is 0 Å². The van der Waals surface area contributed by atoms with E-state index in [-0.39, 0.29) is 13.2 Å². The lowest BCUT2D eigenvalue weighted by atomic mass is 10.1. The molecule has 0 saturated carbocycles. The number of hydrogen-bond acceptors (Lipinski definition) is 6. The summed E-state index contributed by atoms with van der Waals surface area (Å²) in [5, 5.41) is 0. The first-order chi connectivity index (χ1) is 31.0. The minimum absolute atomic E-state index is 0.247. The molecule has 0 aromatic carbocycles. The molecule has 0 N–H and O–H groups in total. The third-order valence-corrected chi connectivity index (χ3v) is 10.9. The Morgan fingerprint density at radius 2 is 0.571 bits per heavy atom. The summed E-state index contributed by atoms with van der Waals surface area (Å²) in [5.74, 6) is -1.77. The van der Waals surface area contributed by atoms with E-state index in [4.69, 9.17) is 14.2 Å². The zero-order valence-corrected chi connectivity index (χ0v) is 40.8. The van der Waals surface area contributed by atoms with Crippen molar-refractivity contribution < 1.29 is 28.6 Å². The average Bonchev–Trinajstić information content (AvgIpc) is 3.28. The van der Waals surface area contributed by atoms with Crippen LogP contribution in [0.25, 0.3) is 0 Å². The third-order valence-electron chi connectivity index (χ3n) is 10.9. The van der Waals surface area contributed by atoms with Gasteiger partial charge in [-0.05, 0) is 38.5 Å². The molecule has 0 aromatic rings. The van der Waals surface area contributed by atoms with E-state index in [2.05, 4.69) is 39.0 Å². The van der Waals surface area contributed by atoms with Crippen molar-refractivity contribution in [2.24, 2.45) is 0 Å². The molecule has 0 aromatic heterocycles. The first kappa shape index (κ1) is 59.3. The Kier molecular flexibility index (Phi) is 48.0. The van der Waals surface area contributed by atoms with E-state index >= 15 is 0 Å². The molecule has 358 valence electrons. The van der Waals surface area contributed by atoms with Gasteiger partial charge in [-0.2, -0.15) is 0 Å². The fourth-order valence-electron chi connectivity index (χ4n) is 7.02. The van der Waals surface area contributed by atoms with E-state index in [1.54, 1.807) is 30.4 Å². The molecule has 1 unspecified atom stereocenters. The van der Waals surface area contributed by atoms with E-state index in [0.29, 0.717) is 0 Å². The van der Waals surface area contributed by atoms with Crippen LogP contribution >= 0.6 is 0 Å². The van der Waals surface area contributed by atoms with Crippen LogP contribution in [0.15, 0.2) is 97.2 Å². The van der Waals surface area contributed by atoms with Gasteiger partial charge in [-0.3, -0.25) is 0 Å². The number of carbonyl (C=O) groups is 3. The zero-order chi connectivity index (χ0) is 45.8. The summed E-state index contributed by atoms with van der Waals surface area (Å²) in [6.07, 6.45) is 68.6. The number of carbonyl (C=O) groups excluding carboxylic acids is 3. The van der Waals surface area contributed by atoms with Crippen molar-refractivity contribution in [1.29, 1.82) is 0 Å². The smallest absolute Gasteiger partial charge is 0.331 e. The molecule has 6 heteroatoms. The van der Waals surface area contributed by atoms with E-state index in [1.165, 1.54) is 198 Å². The molecule has 0 rings (SSSR count). The maximum Gasteiger partial charge on any atom is 0.331 e. The highest BCUT2D eigenvalue weighted by atomic mass is 16.6. The second kappa shape index (κ2) is 51.0. The van der Waals surface area contributed by atoms with E-state index < -0.39 is 24.0 Å². The van der Waals surface area contributed by atoms with Crippen molar-refractivity contribution in [2.45, 2.75) is 232 Å². The largest absolute Gasteiger partial charge is 0.458 e. The van der Waals surface area contributed by atoms with Crippen LogP contribution in [0.5, 0.6) is 0 Å². The van der Waals surface area contributed by atoms with Crippen molar-refractivity contribution in [1.82, 2.24) is 0 Å². The lowest BCUT2D eigenvalue weighted by Gasteiger charge is -2.16. The van der Waals surface area contributed by atoms with Crippen LogP contribution in [0.1, 0.15) is 226 Å². The van der Waals surface area contributed by atoms with Gasteiger partial charge in [0.1, 0.15) is 13.2 Å². The second-order valence-corrected chi connectivity index (χ2v) is 17.0. The SMILES string of the molecule is CCCCCCCCCCC/C=C/C=C/C=C/C(=O)OCC(COC(=O)/C=C/C=C/CCCCCCCCCCCCC)OC(=O)/C=C/C=C/C=C/CCCCCCCCCCC. The van der Waals surface area contributed by atoms with Gasteiger partial charge in [0.2, 0.25) is 0 Å². The molecule has 0 heterocycles. The summed E-state index contributed by atoms with van der Waals surface area (Å²) in [5.41, 5.74) is 0. The van der Waals surface area contributed by atoms with Gasteiger partial charge in [-0.1, -0.05) is 267 Å². The summed E-state index contributed by atoms with van der Waals surface area (Å²) in [6, 6.07) is 0. The van der Waals surface area contributed by atoms with Crippen molar-refractivity contribution in [3.8, 4) is 0 Å². The molecule has 0 fully saturated rings. The number of ether oxygens (including phenoxy) is 3. The van der Waals surface area contributed by atoms with Gasteiger partial charge in [-0.25, -0.2) is 14.4 Å². The minimum atomic E-state index is -0.965. The molecule has 0 spiro atoms. The highest BCUT2D eigenvalue weighted by Crippen LogP contribution is 2.14. The van der Waals surface area contributed by atoms with E-state index in [1.807, 2.05) is 30.4 Å². The Bertz CT molecular complexity index is 1280. The number of esters is 3. The highest BCUT2D eigenvalue weighted by Gasteiger charge is 2.17. The Balaban J connectivity index is 4.74. The van der Waals surface area contributed by atoms with Crippen LogP contribution in [0, 0.1) is 0 Å². The molecule has 0 radical (unpaired) electrons. The molecule has 6 nitrogen and oxygen atoms in total. The van der Waals surface area contributed by atoms with Crippen LogP contribution in [0.3, 0.4) is 0 Å². The molecule has 0 amide bonds. The Labute approximate surface area is 387 Å². The molecular formula is C57H94O6. The van der Waals surface area contributed by atoms with Crippen LogP contribution in [0.4, 0.5) is 0 Å². The Hall–Kier alpha value is -3.67. The lowest BCUT2D eigenvalue weighted by molar-refractivity contribution is -0.160. The van der Waals surface area contributed by atoms with Crippen LogP contribution < -0.4 is 0 Å². The van der Waals surface area contributed by atoms with Crippen LogP contribution in [-0.4, -0.2) is 37.2 Å². The van der Waals surface area contributed by atoms with Gasteiger partial charge in [0.15, 0.2) is 6.10 Å². The van der Waals surface area contributed by atoms with Crippen molar-refractivity contribution in [2.75, 3.05) is 13.2 Å². The van der Waals surface area contributed by atoms with Gasteiger partial charge in [0, 0.05) is 18.2 Å². The van der Waals surface area contributed by atoms with Crippen molar-refractivity contribution >= 4 is 17.9 Å².